The van der Waals surface area contributed by atoms with E-state index in [4.69, 9.17) is 18.9 Å². The van der Waals surface area contributed by atoms with Crippen LogP contribution in [0.4, 0.5) is 0 Å². The molecule has 4 atom stereocenters. The van der Waals surface area contributed by atoms with Gasteiger partial charge in [-0.2, -0.15) is 0 Å². The predicted octanol–water partition coefficient (Wildman–Crippen LogP) is 6.90. The molecule has 4 aromatic carbocycles. The van der Waals surface area contributed by atoms with Crippen LogP contribution in [0.2, 0.25) is 0 Å². The SMILES string of the molecule is c1ccc(COC[C@H]2O[C@@H](c3ccccc3)C[C@@H](OCc3ccccc3)[C@H]2OCc2ccccc2)cc1. The van der Waals surface area contributed by atoms with Crippen LogP contribution in [-0.2, 0) is 38.8 Å². The lowest BCUT2D eigenvalue weighted by Crippen LogP contribution is -2.50. The molecule has 1 aliphatic heterocycles. The fraction of sp³-hybridized carbons (Fsp3) is 0.273. The van der Waals surface area contributed by atoms with Gasteiger partial charge in [-0.1, -0.05) is 121 Å². The fourth-order valence-electron chi connectivity index (χ4n) is 4.73. The van der Waals surface area contributed by atoms with Crippen molar-refractivity contribution in [3.05, 3.63) is 144 Å². The summed E-state index contributed by atoms with van der Waals surface area (Å²) in [5.41, 5.74) is 4.55. The minimum absolute atomic E-state index is 0.0936. The van der Waals surface area contributed by atoms with Gasteiger partial charge in [0.25, 0.3) is 0 Å². The summed E-state index contributed by atoms with van der Waals surface area (Å²) in [6.45, 7) is 1.96. The van der Waals surface area contributed by atoms with Crippen LogP contribution in [0.15, 0.2) is 121 Å². The van der Waals surface area contributed by atoms with E-state index < -0.39 is 0 Å². The minimum Gasteiger partial charge on any atom is -0.374 e. The molecule has 0 aliphatic carbocycles. The van der Waals surface area contributed by atoms with Crippen LogP contribution in [0, 0.1) is 0 Å². The molecule has 0 amide bonds. The van der Waals surface area contributed by atoms with Crippen molar-refractivity contribution in [1.29, 1.82) is 0 Å². The molecule has 1 saturated heterocycles. The summed E-state index contributed by atoms with van der Waals surface area (Å²) in [5, 5.41) is 0. The Morgan fingerprint density at radius 2 is 1.05 bits per heavy atom. The van der Waals surface area contributed by atoms with E-state index in [0.29, 0.717) is 32.8 Å². The van der Waals surface area contributed by atoms with Crippen molar-refractivity contribution in [2.24, 2.45) is 0 Å². The molecule has 5 rings (SSSR count). The summed E-state index contributed by atoms with van der Waals surface area (Å²) in [6, 6.07) is 41.1. The van der Waals surface area contributed by atoms with Gasteiger partial charge >= 0.3 is 0 Å². The van der Waals surface area contributed by atoms with Gasteiger partial charge in [0.1, 0.15) is 12.2 Å². The van der Waals surface area contributed by atoms with Crippen molar-refractivity contribution in [3.63, 3.8) is 0 Å². The summed E-state index contributed by atoms with van der Waals surface area (Å²) in [5.74, 6) is 0. The highest BCUT2D eigenvalue weighted by Crippen LogP contribution is 2.35. The normalized spacial score (nSPS) is 21.5. The van der Waals surface area contributed by atoms with E-state index >= 15 is 0 Å². The van der Waals surface area contributed by atoms with E-state index in [1.165, 1.54) is 0 Å². The number of rotatable bonds is 11. The maximum atomic E-state index is 6.66. The molecule has 1 heterocycles. The summed E-state index contributed by atoms with van der Waals surface area (Å²) in [7, 11) is 0. The van der Waals surface area contributed by atoms with Gasteiger partial charge in [0.05, 0.1) is 38.6 Å². The molecule has 0 radical (unpaired) electrons. The molecule has 0 spiro atoms. The highest BCUT2D eigenvalue weighted by atomic mass is 16.6. The second-order valence-corrected chi connectivity index (χ2v) is 9.41. The van der Waals surface area contributed by atoms with Gasteiger partial charge in [0.2, 0.25) is 0 Å². The predicted molar refractivity (Wildman–Crippen MR) is 145 cm³/mol. The smallest absolute Gasteiger partial charge is 0.113 e. The first-order valence-corrected chi connectivity index (χ1v) is 13.0. The Hall–Kier alpha value is -3.28. The molecule has 4 heteroatoms. The van der Waals surface area contributed by atoms with Crippen molar-refractivity contribution in [2.45, 2.75) is 50.7 Å². The van der Waals surface area contributed by atoms with Crippen LogP contribution in [-0.4, -0.2) is 24.9 Å². The second kappa shape index (κ2) is 13.3. The molecular weight excluding hydrogens is 460 g/mol. The van der Waals surface area contributed by atoms with E-state index in [1.807, 2.05) is 60.7 Å². The zero-order chi connectivity index (χ0) is 25.1. The maximum absolute atomic E-state index is 6.66. The third-order valence-corrected chi connectivity index (χ3v) is 6.68. The van der Waals surface area contributed by atoms with Crippen molar-refractivity contribution < 1.29 is 18.9 Å². The molecule has 190 valence electrons. The van der Waals surface area contributed by atoms with E-state index in [1.54, 1.807) is 0 Å². The number of benzene rings is 4. The molecule has 4 nitrogen and oxygen atoms in total. The lowest BCUT2D eigenvalue weighted by molar-refractivity contribution is -0.222. The third kappa shape index (κ3) is 7.37. The largest absolute Gasteiger partial charge is 0.374 e. The van der Waals surface area contributed by atoms with Gasteiger partial charge in [-0.25, -0.2) is 0 Å². The zero-order valence-electron chi connectivity index (χ0n) is 21.0. The van der Waals surface area contributed by atoms with Crippen molar-refractivity contribution >= 4 is 0 Å². The Morgan fingerprint density at radius 3 is 1.62 bits per heavy atom. The standard InChI is InChI=1S/C33H34O4/c1-5-13-26(14-6-1)22-34-25-32-33(36-24-28-17-9-3-10-18-28)31(35-23-27-15-7-2-8-16-27)21-30(37-32)29-19-11-4-12-20-29/h1-20,30-33H,21-25H2/t30-,31-,32-,33-/m1/s1. The highest BCUT2D eigenvalue weighted by molar-refractivity contribution is 5.20. The van der Waals surface area contributed by atoms with E-state index in [-0.39, 0.29) is 24.4 Å². The zero-order valence-corrected chi connectivity index (χ0v) is 21.0. The average Bonchev–Trinajstić information content (AvgIpc) is 2.97. The molecule has 0 N–H and O–H groups in total. The van der Waals surface area contributed by atoms with Gasteiger partial charge in [-0.3, -0.25) is 0 Å². The molecule has 0 bridgehead atoms. The molecule has 1 fully saturated rings. The first-order valence-electron chi connectivity index (χ1n) is 13.0. The number of hydrogen-bond acceptors (Lipinski definition) is 4. The summed E-state index contributed by atoms with van der Waals surface area (Å²) >= 11 is 0. The lowest BCUT2D eigenvalue weighted by Gasteiger charge is -2.41. The highest BCUT2D eigenvalue weighted by Gasteiger charge is 2.41. The summed E-state index contributed by atoms with van der Waals surface area (Å²) in [4.78, 5) is 0. The van der Waals surface area contributed by atoms with Crippen molar-refractivity contribution in [1.82, 2.24) is 0 Å². The molecule has 0 saturated carbocycles. The minimum atomic E-state index is -0.271. The first kappa shape index (κ1) is 25.4. The molecule has 4 aromatic rings. The summed E-state index contributed by atoms with van der Waals surface area (Å²) in [6.07, 6.45) is -0.0604. The van der Waals surface area contributed by atoms with E-state index in [0.717, 1.165) is 22.3 Å². The van der Waals surface area contributed by atoms with Gasteiger partial charge in [-0.05, 0) is 22.3 Å². The summed E-state index contributed by atoms with van der Waals surface area (Å²) < 4.78 is 25.9. The van der Waals surface area contributed by atoms with Crippen LogP contribution in [0.1, 0.15) is 34.8 Å². The van der Waals surface area contributed by atoms with Gasteiger partial charge in [0.15, 0.2) is 0 Å². The molecule has 37 heavy (non-hydrogen) atoms. The maximum Gasteiger partial charge on any atom is 0.113 e. The van der Waals surface area contributed by atoms with Crippen LogP contribution < -0.4 is 0 Å². The Kier molecular flexibility index (Phi) is 9.13. The van der Waals surface area contributed by atoms with Crippen LogP contribution in [0.5, 0.6) is 0 Å². The average molecular weight is 495 g/mol. The molecule has 1 aliphatic rings. The Bertz CT molecular complexity index is 1170. The van der Waals surface area contributed by atoms with E-state index in [2.05, 4.69) is 60.7 Å². The van der Waals surface area contributed by atoms with E-state index in [9.17, 15) is 0 Å². The van der Waals surface area contributed by atoms with Crippen LogP contribution in [0.3, 0.4) is 0 Å². The van der Waals surface area contributed by atoms with Gasteiger partial charge in [0, 0.05) is 6.42 Å². The Labute approximate surface area is 219 Å². The quantitative estimate of drug-likeness (QED) is 0.227. The van der Waals surface area contributed by atoms with Crippen LogP contribution >= 0.6 is 0 Å². The Morgan fingerprint density at radius 1 is 0.568 bits per heavy atom. The van der Waals surface area contributed by atoms with Crippen molar-refractivity contribution in [2.75, 3.05) is 6.61 Å². The lowest BCUT2D eigenvalue weighted by atomic mass is 9.93. The van der Waals surface area contributed by atoms with Crippen LogP contribution in [0.25, 0.3) is 0 Å². The first-order chi connectivity index (χ1) is 18.3. The monoisotopic (exact) mass is 494 g/mol. The number of hydrogen-bond donors (Lipinski definition) is 0. The molecule has 0 unspecified atom stereocenters. The van der Waals surface area contributed by atoms with Gasteiger partial charge < -0.3 is 18.9 Å². The van der Waals surface area contributed by atoms with Gasteiger partial charge in [-0.15, -0.1) is 0 Å². The second-order valence-electron chi connectivity index (χ2n) is 9.41. The van der Waals surface area contributed by atoms with Crippen molar-refractivity contribution in [3.8, 4) is 0 Å². The third-order valence-electron chi connectivity index (χ3n) is 6.68. The molecular formula is C33H34O4. The Balaban J connectivity index is 1.35. The fourth-order valence-corrected chi connectivity index (χ4v) is 4.73. The number of ether oxygens (including phenoxy) is 4. The topological polar surface area (TPSA) is 36.9 Å². The molecule has 0 aromatic heterocycles.